The lowest BCUT2D eigenvalue weighted by Crippen LogP contribution is -2.30. The normalized spacial score (nSPS) is 12.7. The zero-order valence-electron chi connectivity index (χ0n) is 8.96. The molecule has 14 heavy (non-hydrogen) atoms. The van der Waals surface area contributed by atoms with Crippen LogP contribution in [0.3, 0.4) is 0 Å². The van der Waals surface area contributed by atoms with Gasteiger partial charge in [-0.2, -0.15) is 0 Å². The molecule has 0 fully saturated rings. The van der Waals surface area contributed by atoms with E-state index < -0.39 is 0 Å². The van der Waals surface area contributed by atoms with Crippen LogP contribution in [0.15, 0.2) is 18.5 Å². The van der Waals surface area contributed by atoms with Gasteiger partial charge in [0.2, 0.25) is 0 Å². The molecule has 1 heterocycles. The third-order valence-electron chi connectivity index (χ3n) is 2.39. The topological polar surface area (TPSA) is 50.9 Å². The van der Waals surface area contributed by atoms with Crippen molar-refractivity contribution >= 4 is 5.69 Å². The van der Waals surface area contributed by atoms with Crippen LogP contribution in [0.5, 0.6) is 0 Å². The van der Waals surface area contributed by atoms with Crippen LogP contribution in [0.1, 0.15) is 25.8 Å². The van der Waals surface area contributed by atoms with E-state index in [1.165, 1.54) is 0 Å². The van der Waals surface area contributed by atoms with Crippen LogP contribution in [-0.4, -0.2) is 17.6 Å². The zero-order valence-corrected chi connectivity index (χ0v) is 8.96. The fourth-order valence-corrected chi connectivity index (χ4v) is 1.52. The molecule has 3 N–H and O–H groups in total. The van der Waals surface area contributed by atoms with Crippen LogP contribution in [0, 0.1) is 0 Å². The number of nitrogens with two attached hydrogens (primary N) is 1. The second kappa shape index (κ2) is 5.60. The van der Waals surface area contributed by atoms with E-state index in [9.17, 15) is 0 Å². The van der Waals surface area contributed by atoms with Crippen molar-refractivity contribution in [2.24, 2.45) is 0 Å². The minimum absolute atomic E-state index is 0.506. The summed E-state index contributed by atoms with van der Waals surface area (Å²) in [6.07, 6.45) is 5.66. The molecular weight excluding hydrogens is 174 g/mol. The Morgan fingerprint density at radius 1 is 1.50 bits per heavy atom. The maximum absolute atomic E-state index is 5.85. The first-order valence-electron chi connectivity index (χ1n) is 5.19. The maximum Gasteiger partial charge on any atom is 0.0378 e. The molecule has 0 aliphatic carbocycles. The highest BCUT2D eigenvalue weighted by atomic mass is 14.9. The van der Waals surface area contributed by atoms with Crippen molar-refractivity contribution in [2.75, 3.05) is 12.3 Å². The molecule has 0 saturated heterocycles. The van der Waals surface area contributed by atoms with Crippen LogP contribution in [0.4, 0.5) is 5.69 Å². The minimum atomic E-state index is 0.506. The molecule has 0 amide bonds. The molecule has 1 aromatic heterocycles. The van der Waals surface area contributed by atoms with Gasteiger partial charge < -0.3 is 11.1 Å². The van der Waals surface area contributed by atoms with Crippen LogP contribution in [0.25, 0.3) is 0 Å². The van der Waals surface area contributed by atoms with E-state index in [-0.39, 0.29) is 0 Å². The van der Waals surface area contributed by atoms with Gasteiger partial charge in [0.1, 0.15) is 0 Å². The molecule has 0 aliphatic heterocycles. The highest BCUT2D eigenvalue weighted by Gasteiger charge is 2.07. The highest BCUT2D eigenvalue weighted by Crippen LogP contribution is 2.12. The molecule has 1 atom stereocenters. The van der Waals surface area contributed by atoms with Gasteiger partial charge in [-0.15, -0.1) is 0 Å². The summed E-state index contributed by atoms with van der Waals surface area (Å²) in [5, 5.41) is 3.42. The molecular formula is C11H19N3. The first-order chi connectivity index (χ1) is 6.77. The van der Waals surface area contributed by atoms with Crippen molar-refractivity contribution < 1.29 is 0 Å². The summed E-state index contributed by atoms with van der Waals surface area (Å²) in [6.45, 7) is 5.30. The number of pyridine rings is 1. The molecule has 3 nitrogen and oxygen atoms in total. The summed E-state index contributed by atoms with van der Waals surface area (Å²) < 4.78 is 0. The Balaban J connectivity index is 2.62. The minimum Gasteiger partial charge on any atom is -0.398 e. The number of nitrogens with zero attached hydrogens (tertiary/aromatic N) is 1. The van der Waals surface area contributed by atoms with Crippen LogP contribution < -0.4 is 11.1 Å². The SMILES string of the molecule is CCNC(CC)Cc1cnccc1N. The number of nitrogens with one attached hydrogen (secondary N) is 1. The fraction of sp³-hybridized carbons (Fsp3) is 0.545. The highest BCUT2D eigenvalue weighted by molar-refractivity contribution is 5.44. The summed E-state index contributed by atoms with van der Waals surface area (Å²) >= 11 is 0. The molecule has 1 aromatic rings. The summed E-state index contributed by atoms with van der Waals surface area (Å²) in [5.41, 5.74) is 7.83. The maximum atomic E-state index is 5.85. The Bertz CT molecular complexity index is 273. The summed E-state index contributed by atoms with van der Waals surface area (Å²) in [5.74, 6) is 0. The van der Waals surface area contributed by atoms with Crippen LogP contribution in [0.2, 0.25) is 0 Å². The Kier molecular flexibility index (Phi) is 4.40. The van der Waals surface area contributed by atoms with Crippen LogP contribution in [-0.2, 0) is 6.42 Å². The van der Waals surface area contributed by atoms with Crippen molar-refractivity contribution in [2.45, 2.75) is 32.7 Å². The van der Waals surface area contributed by atoms with Crippen molar-refractivity contribution in [1.29, 1.82) is 0 Å². The Labute approximate surface area is 85.7 Å². The quantitative estimate of drug-likeness (QED) is 0.746. The number of hydrogen-bond acceptors (Lipinski definition) is 3. The number of aromatic nitrogens is 1. The molecule has 0 saturated carbocycles. The lowest BCUT2D eigenvalue weighted by Gasteiger charge is -2.16. The molecule has 0 bridgehead atoms. The van der Waals surface area contributed by atoms with Gasteiger partial charge in [-0.05, 0) is 31.0 Å². The number of nitrogen functional groups attached to an aromatic ring is 1. The first-order valence-corrected chi connectivity index (χ1v) is 5.19. The number of rotatable bonds is 5. The van der Waals surface area contributed by atoms with Crippen molar-refractivity contribution in [3.8, 4) is 0 Å². The monoisotopic (exact) mass is 193 g/mol. The lowest BCUT2D eigenvalue weighted by atomic mass is 10.0. The fourth-order valence-electron chi connectivity index (χ4n) is 1.52. The molecule has 78 valence electrons. The van der Waals surface area contributed by atoms with Gasteiger partial charge in [0.05, 0.1) is 0 Å². The van der Waals surface area contributed by atoms with E-state index in [1.54, 1.807) is 6.20 Å². The molecule has 1 rings (SSSR count). The Morgan fingerprint density at radius 2 is 2.29 bits per heavy atom. The van der Waals surface area contributed by atoms with E-state index in [2.05, 4.69) is 24.1 Å². The largest absolute Gasteiger partial charge is 0.398 e. The van der Waals surface area contributed by atoms with Gasteiger partial charge in [-0.1, -0.05) is 13.8 Å². The molecule has 0 aromatic carbocycles. The predicted octanol–water partition coefficient (Wildman–Crippen LogP) is 1.59. The van der Waals surface area contributed by atoms with E-state index >= 15 is 0 Å². The van der Waals surface area contributed by atoms with Gasteiger partial charge in [0.15, 0.2) is 0 Å². The smallest absolute Gasteiger partial charge is 0.0378 e. The molecule has 0 aliphatic rings. The molecule has 0 spiro atoms. The van der Waals surface area contributed by atoms with Crippen LogP contribution >= 0.6 is 0 Å². The third-order valence-corrected chi connectivity index (χ3v) is 2.39. The second-order valence-electron chi connectivity index (χ2n) is 3.44. The first kappa shape index (κ1) is 11.0. The average Bonchev–Trinajstić information content (AvgIpc) is 2.20. The van der Waals surface area contributed by atoms with E-state index in [0.29, 0.717) is 6.04 Å². The number of likely N-dealkylation sites (N-methyl/N-ethyl adjacent to an activating group) is 1. The van der Waals surface area contributed by atoms with E-state index in [0.717, 1.165) is 30.6 Å². The van der Waals surface area contributed by atoms with Crippen molar-refractivity contribution in [1.82, 2.24) is 10.3 Å². The van der Waals surface area contributed by atoms with Gasteiger partial charge in [-0.3, -0.25) is 4.98 Å². The lowest BCUT2D eigenvalue weighted by molar-refractivity contribution is 0.510. The number of hydrogen-bond donors (Lipinski definition) is 2. The van der Waals surface area contributed by atoms with Crippen molar-refractivity contribution in [3.63, 3.8) is 0 Å². The van der Waals surface area contributed by atoms with Crippen molar-refractivity contribution in [3.05, 3.63) is 24.0 Å². The van der Waals surface area contributed by atoms with Gasteiger partial charge in [0, 0.05) is 24.1 Å². The Morgan fingerprint density at radius 3 is 2.86 bits per heavy atom. The average molecular weight is 193 g/mol. The van der Waals surface area contributed by atoms with Gasteiger partial charge in [0.25, 0.3) is 0 Å². The molecule has 1 unspecified atom stereocenters. The molecule has 3 heteroatoms. The summed E-state index contributed by atoms with van der Waals surface area (Å²) in [4.78, 5) is 4.09. The second-order valence-corrected chi connectivity index (χ2v) is 3.44. The van der Waals surface area contributed by atoms with E-state index in [4.69, 9.17) is 5.73 Å². The van der Waals surface area contributed by atoms with E-state index in [1.807, 2.05) is 12.3 Å². The Hall–Kier alpha value is -1.09. The molecule has 0 radical (unpaired) electrons. The summed E-state index contributed by atoms with van der Waals surface area (Å²) in [6, 6.07) is 2.36. The number of anilines is 1. The summed E-state index contributed by atoms with van der Waals surface area (Å²) in [7, 11) is 0. The third kappa shape index (κ3) is 3.00. The standard InChI is InChI=1S/C11H19N3/c1-3-10(14-4-2)7-9-8-13-6-5-11(9)12/h5-6,8,10,14H,3-4,7H2,1-2H3,(H2,12,13). The zero-order chi connectivity index (χ0) is 10.4. The predicted molar refractivity (Wildman–Crippen MR) is 60.1 cm³/mol. The van der Waals surface area contributed by atoms with Gasteiger partial charge >= 0.3 is 0 Å². The van der Waals surface area contributed by atoms with Gasteiger partial charge in [-0.25, -0.2) is 0 Å².